The molecule has 0 radical (unpaired) electrons. The van der Waals surface area contributed by atoms with Crippen LogP contribution < -0.4 is 24.2 Å². The predicted molar refractivity (Wildman–Crippen MR) is 118 cm³/mol. The number of hydrogen-bond donors (Lipinski definition) is 2. The van der Waals surface area contributed by atoms with Crippen molar-refractivity contribution in [3.05, 3.63) is 77.9 Å². The lowest BCUT2D eigenvalue weighted by atomic mass is 10.2. The summed E-state index contributed by atoms with van der Waals surface area (Å²) in [6.07, 6.45) is 0. The molecule has 0 aromatic heterocycles. The molecule has 1 aliphatic heterocycles. The molecular formula is C23H22N2O6S. The van der Waals surface area contributed by atoms with E-state index in [4.69, 9.17) is 14.2 Å². The Kier molecular flexibility index (Phi) is 6.18. The van der Waals surface area contributed by atoms with E-state index in [-0.39, 0.29) is 24.2 Å². The molecule has 0 aliphatic carbocycles. The summed E-state index contributed by atoms with van der Waals surface area (Å²) in [7, 11) is -3.73. The number of carbonyl (C=O) groups excluding carboxylic acids is 1. The molecule has 8 nitrogen and oxygen atoms in total. The molecule has 1 heterocycles. The van der Waals surface area contributed by atoms with Crippen LogP contribution in [0.5, 0.6) is 17.2 Å². The maximum absolute atomic E-state index is 12.5. The van der Waals surface area contributed by atoms with E-state index >= 15 is 0 Å². The van der Waals surface area contributed by atoms with E-state index in [0.29, 0.717) is 29.5 Å². The van der Waals surface area contributed by atoms with Gasteiger partial charge >= 0.3 is 0 Å². The normalized spacial score (nSPS) is 12.3. The fourth-order valence-corrected chi connectivity index (χ4v) is 4.14. The van der Waals surface area contributed by atoms with Crippen LogP contribution in [-0.2, 0) is 21.4 Å². The third kappa shape index (κ3) is 5.30. The number of sulfonamides is 1. The van der Waals surface area contributed by atoms with Crippen LogP contribution in [0.3, 0.4) is 0 Å². The minimum atomic E-state index is -3.73. The molecule has 0 spiro atoms. The maximum Gasteiger partial charge on any atom is 0.261 e. The minimum Gasteiger partial charge on any atom is -0.484 e. The van der Waals surface area contributed by atoms with Crippen LogP contribution in [-0.4, -0.2) is 27.7 Å². The number of nitrogens with one attached hydrogen (secondary N) is 2. The second kappa shape index (κ2) is 9.19. The average molecular weight is 455 g/mol. The van der Waals surface area contributed by atoms with Gasteiger partial charge in [0.2, 0.25) is 6.79 Å². The van der Waals surface area contributed by atoms with Crippen molar-refractivity contribution < 1.29 is 27.4 Å². The molecule has 0 fully saturated rings. The Bertz CT molecular complexity index is 1230. The van der Waals surface area contributed by atoms with Crippen molar-refractivity contribution in [1.29, 1.82) is 0 Å². The van der Waals surface area contributed by atoms with E-state index in [1.54, 1.807) is 24.3 Å². The maximum atomic E-state index is 12.5. The van der Waals surface area contributed by atoms with Crippen LogP contribution in [0.1, 0.15) is 11.1 Å². The molecule has 0 unspecified atom stereocenters. The van der Waals surface area contributed by atoms with E-state index in [1.807, 2.05) is 25.1 Å². The summed E-state index contributed by atoms with van der Waals surface area (Å²) in [6, 6.07) is 18.4. The third-order valence-electron chi connectivity index (χ3n) is 4.70. The van der Waals surface area contributed by atoms with Gasteiger partial charge in [-0.05, 0) is 66.6 Å². The molecule has 0 saturated carbocycles. The average Bonchev–Trinajstić information content (AvgIpc) is 3.24. The van der Waals surface area contributed by atoms with Gasteiger partial charge in [-0.15, -0.1) is 0 Å². The molecular weight excluding hydrogens is 432 g/mol. The second-order valence-electron chi connectivity index (χ2n) is 7.20. The number of ether oxygens (including phenoxy) is 3. The molecule has 0 atom stereocenters. The Labute approximate surface area is 186 Å². The van der Waals surface area contributed by atoms with Gasteiger partial charge in [0.25, 0.3) is 15.9 Å². The van der Waals surface area contributed by atoms with Gasteiger partial charge in [-0.1, -0.05) is 18.2 Å². The molecule has 2 N–H and O–H groups in total. The van der Waals surface area contributed by atoms with Crippen molar-refractivity contribution in [3.8, 4) is 17.2 Å². The number of amides is 1. The predicted octanol–water partition coefficient (Wildman–Crippen LogP) is 3.22. The number of fused-ring (bicyclic) bond motifs is 1. The summed E-state index contributed by atoms with van der Waals surface area (Å²) in [5, 5.41) is 2.76. The first-order valence-electron chi connectivity index (χ1n) is 9.87. The third-order valence-corrected chi connectivity index (χ3v) is 6.10. The van der Waals surface area contributed by atoms with Crippen molar-refractivity contribution in [2.24, 2.45) is 0 Å². The second-order valence-corrected chi connectivity index (χ2v) is 8.88. The molecule has 166 valence electrons. The van der Waals surface area contributed by atoms with Crippen molar-refractivity contribution in [2.75, 3.05) is 18.1 Å². The van der Waals surface area contributed by atoms with Gasteiger partial charge in [0.05, 0.1) is 4.90 Å². The van der Waals surface area contributed by atoms with Gasteiger partial charge in [0.1, 0.15) is 5.75 Å². The Morgan fingerprint density at radius 3 is 2.56 bits per heavy atom. The fourth-order valence-electron chi connectivity index (χ4n) is 3.09. The quantitative estimate of drug-likeness (QED) is 0.542. The Morgan fingerprint density at radius 1 is 1.00 bits per heavy atom. The lowest BCUT2D eigenvalue weighted by Gasteiger charge is -2.10. The lowest BCUT2D eigenvalue weighted by Crippen LogP contribution is -2.28. The van der Waals surface area contributed by atoms with E-state index < -0.39 is 10.0 Å². The van der Waals surface area contributed by atoms with Gasteiger partial charge in [0, 0.05) is 12.2 Å². The number of carbonyl (C=O) groups is 1. The van der Waals surface area contributed by atoms with Gasteiger partial charge in [0.15, 0.2) is 18.1 Å². The van der Waals surface area contributed by atoms with Gasteiger partial charge in [-0.3, -0.25) is 9.52 Å². The minimum absolute atomic E-state index is 0.0959. The van der Waals surface area contributed by atoms with Crippen molar-refractivity contribution in [3.63, 3.8) is 0 Å². The van der Waals surface area contributed by atoms with Gasteiger partial charge in [-0.2, -0.15) is 0 Å². The molecule has 3 aromatic rings. The van der Waals surface area contributed by atoms with Crippen LogP contribution >= 0.6 is 0 Å². The van der Waals surface area contributed by atoms with Crippen LogP contribution in [0.2, 0.25) is 0 Å². The molecule has 1 amide bonds. The zero-order valence-electron chi connectivity index (χ0n) is 17.3. The van der Waals surface area contributed by atoms with E-state index in [2.05, 4.69) is 10.0 Å². The number of rotatable bonds is 8. The number of anilines is 1. The lowest BCUT2D eigenvalue weighted by molar-refractivity contribution is -0.123. The van der Waals surface area contributed by atoms with E-state index in [0.717, 1.165) is 11.1 Å². The molecule has 0 saturated heterocycles. The Hall–Kier alpha value is -3.72. The Balaban J connectivity index is 1.28. The standard InChI is InChI=1S/C23H22N2O6S/c1-16-3-2-4-18(11-16)25-32(27,28)20-8-6-19(7-9-20)29-14-23(26)24-13-17-5-10-21-22(12-17)31-15-30-21/h2-12,25H,13-15H2,1H3,(H,24,26). The first-order valence-corrected chi connectivity index (χ1v) is 11.3. The summed E-state index contributed by atoms with van der Waals surface area (Å²) in [5.41, 5.74) is 2.31. The van der Waals surface area contributed by atoms with Crippen LogP contribution in [0.15, 0.2) is 71.6 Å². The van der Waals surface area contributed by atoms with Crippen LogP contribution in [0.25, 0.3) is 0 Å². The largest absolute Gasteiger partial charge is 0.484 e. The van der Waals surface area contributed by atoms with Gasteiger partial charge < -0.3 is 19.5 Å². The number of benzene rings is 3. The van der Waals surface area contributed by atoms with E-state index in [9.17, 15) is 13.2 Å². The smallest absolute Gasteiger partial charge is 0.261 e. The molecule has 0 bridgehead atoms. The van der Waals surface area contributed by atoms with E-state index in [1.165, 1.54) is 24.3 Å². The first kappa shape index (κ1) is 21.5. The van der Waals surface area contributed by atoms with Crippen molar-refractivity contribution in [2.45, 2.75) is 18.4 Å². The topological polar surface area (TPSA) is 103 Å². The summed E-state index contributed by atoms with van der Waals surface area (Å²) in [5.74, 6) is 1.42. The Morgan fingerprint density at radius 2 is 1.78 bits per heavy atom. The monoisotopic (exact) mass is 454 g/mol. The number of hydrogen-bond acceptors (Lipinski definition) is 6. The first-order chi connectivity index (χ1) is 15.4. The van der Waals surface area contributed by atoms with Crippen molar-refractivity contribution in [1.82, 2.24) is 5.32 Å². The summed E-state index contributed by atoms with van der Waals surface area (Å²) >= 11 is 0. The number of aryl methyl sites for hydroxylation is 1. The molecule has 32 heavy (non-hydrogen) atoms. The zero-order valence-corrected chi connectivity index (χ0v) is 18.1. The highest BCUT2D eigenvalue weighted by molar-refractivity contribution is 7.92. The highest BCUT2D eigenvalue weighted by Crippen LogP contribution is 2.32. The molecule has 9 heteroatoms. The highest BCUT2D eigenvalue weighted by Gasteiger charge is 2.15. The highest BCUT2D eigenvalue weighted by atomic mass is 32.2. The van der Waals surface area contributed by atoms with Crippen LogP contribution in [0.4, 0.5) is 5.69 Å². The SMILES string of the molecule is Cc1cccc(NS(=O)(=O)c2ccc(OCC(=O)NCc3ccc4c(c3)OCO4)cc2)c1. The fraction of sp³-hybridized carbons (Fsp3) is 0.174. The summed E-state index contributed by atoms with van der Waals surface area (Å²) < 4.78 is 43.7. The van der Waals surface area contributed by atoms with Gasteiger partial charge in [-0.25, -0.2) is 8.42 Å². The summed E-state index contributed by atoms with van der Waals surface area (Å²) in [4.78, 5) is 12.2. The van der Waals surface area contributed by atoms with Crippen LogP contribution in [0, 0.1) is 6.92 Å². The zero-order chi connectivity index (χ0) is 22.6. The summed E-state index contributed by atoms with van der Waals surface area (Å²) in [6.45, 7) is 2.20. The van der Waals surface area contributed by atoms with Crippen molar-refractivity contribution >= 4 is 21.6 Å². The molecule has 1 aliphatic rings. The molecule has 3 aromatic carbocycles. The molecule has 4 rings (SSSR count).